The molecule has 4 nitrogen and oxygen atoms in total. The summed E-state index contributed by atoms with van der Waals surface area (Å²) in [4.78, 5) is 24.1. The third kappa shape index (κ3) is 1.75. The van der Waals surface area contributed by atoms with Gasteiger partial charge in [-0.3, -0.25) is 0 Å². The second-order valence-electron chi connectivity index (χ2n) is 5.92. The van der Waals surface area contributed by atoms with Gasteiger partial charge in [0.25, 0.3) is 0 Å². The molecule has 4 heteroatoms. The summed E-state index contributed by atoms with van der Waals surface area (Å²) in [5.74, 6) is -0.931. The fourth-order valence-corrected chi connectivity index (χ4v) is 2.78. The summed E-state index contributed by atoms with van der Waals surface area (Å²) in [6.07, 6.45) is 1.82. The third-order valence-corrected chi connectivity index (χ3v) is 4.14. The number of carbonyl (C=O) groups is 2. The average Bonchev–Trinajstić information content (AvgIpc) is 2.63. The number of hydrogen-bond acceptors (Lipinski definition) is 4. The highest BCUT2D eigenvalue weighted by molar-refractivity contribution is 5.99. The van der Waals surface area contributed by atoms with Crippen LogP contribution in [0.5, 0.6) is 0 Å². The molecule has 1 saturated heterocycles. The SMILES string of the molecule is CC1(C)COC(=O)[C@@]12CC(c1ccccc1)=CC(=O)O2. The second-order valence-corrected chi connectivity index (χ2v) is 5.92. The average molecular weight is 272 g/mol. The summed E-state index contributed by atoms with van der Waals surface area (Å²) in [6.45, 7) is 4.04. The van der Waals surface area contributed by atoms with Crippen molar-refractivity contribution < 1.29 is 19.1 Å². The zero-order chi connectivity index (χ0) is 14.4. The van der Waals surface area contributed by atoms with Crippen molar-refractivity contribution in [2.75, 3.05) is 6.61 Å². The molecule has 0 amide bonds. The number of rotatable bonds is 1. The van der Waals surface area contributed by atoms with Gasteiger partial charge >= 0.3 is 11.9 Å². The Hall–Kier alpha value is -2.10. The molecular weight excluding hydrogens is 256 g/mol. The maximum Gasteiger partial charge on any atom is 0.351 e. The minimum absolute atomic E-state index is 0.265. The van der Waals surface area contributed by atoms with Crippen LogP contribution in [0.1, 0.15) is 25.8 Å². The Morgan fingerprint density at radius 2 is 1.80 bits per heavy atom. The van der Waals surface area contributed by atoms with Crippen LogP contribution >= 0.6 is 0 Å². The topological polar surface area (TPSA) is 52.6 Å². The van der Waals surface area contributed by atoms with E-state index in [1.165, 1.54) is 6.08 Å². The van der Waals surface area contributed by atoms with E-state index >= 15 is 0 Å². The Kier molecular flexibility index (Phi) is 2.71. The van der Waals surface area contributed by atoms with Gasteiger partial charge in [0.2, 0.25) is 5.60 Å². The van der Waals surface area contributed by atoms with Crippen molar-refractivity contribution in [1.29, 1.82) is 0 Å². The number of ether oxygens (including phenoxy) is 2. The van der Waals surface area contributed by atoms with E-state index in [1.54, 1.807) is 0 Å². The van der Waals surface area contributed by atoms with E-state index in [0.29, 0.717) is 6.42 Å². The lowest BCUT2D eigenvalue weighted by atomic mass is 9.72. The van der Waals surface area contributed by atoms with Gasteiger partial charge in [-0.25, -0.2) is 9.59 Å². The molecule has 2 aliphatic rings. The van der Waals surface area contributed by atoms with Gasteiger partial charge in [-0.05, 0) is 11.1 Å². The van der Waals surface area contributed by atoms with Gasteiger partial charge in [0.1, 0.15) is 6.61 Å². The summed E-state index contributed by atoms with van der Waals surface area (Å²) < 4.78 is 10.6. The largest absolute Gasteiger partial charge is 0.462 e. The van der Waals surface area contributed by atoms with Gasteiger partial charge in [0.05, 0.1) is 5.41 Å². The maximum atomic E-state index is 12.2. The molecule has 0 bridgehead atoms. The van der Waals surface area contributed by atoms with Crippen LogP contribution in [0.15, 0.2) is 36.4 Å². The summed E-state index contributed by atoms with van der Waals surface area (Å²) in [7, 11) is 0. The molecule has 0 unspecified atom stereocenters. The van der Waals surface area contributed by atoms with E-state index in [9.17, 15) is 9.59 Å². The van der Waals surface area contributed by atoms with Crippen LogP contribution < -0.4 is 0 Å². The van der Waals surface area contributed by atoms with Crippen molar-refractivity contribution in [3.63, 3.8) is 0 Å². The molecule has 2 heterocycles. The Bertz CT molecular complexity index is 600. The van der Waals surface area contributed by atoms with Crippen molar-refractivity contribution in [1.82, 2.24) is 0 Å². The van der Waals surface area contributed by atoms with E-state index in [-0.39, 0.29) is 6.61 Å². The third-order valence-electron chi connectivity index (χ3n) is 4.14. The Morgan fingerprint density at radius 3 is 2.40 bits per heavy atom. The van der Waals surface area contributed by atoms with Crippen LogP contribution in [0.4, 0.5) is 0 Å². The zero-order valence-corrected chi connectivity index (χ0v) is 11.5. The smallest absolute Gasteiger partial charge is 0.351 e. The first-order valence-electron chi connectivity index (χ1n) is 6.61. The molecule has 1 aromatic carbocycles. The fraction of sp³-hybridized carbons (Fsp3) is 0.375. The monoisotopic (exact) mass is 272 g/mol. The molecule has 0 aromatic heterocycles. The molecule has 0 N–H and O–H groups in total. The molecule has 0 radical (unpaired) electrons. The first-order chi connectivity index (χ1) is 9.45. The lowest BCUT2D eigenvalue weighted by Crippen LogP contribution is -2.51. The van der Waals surface area contributed by atoms with Gasteiger partial charge in [0, 0.05) is 12.5 Å². The highest BCUT2D eigenvalue weighted by atomic mass is 16.6. The highest BCUT2D eigenvalue weighted by Gasteiger charge is 2.62. The lowest BCUT2D eigenvalue weighted by Gasteiger charge is -2.38. The Balaban J connectivity index is 2.05. The lowest BCUT2D eigenvalue weighted by molar-refractivity contribution is -0.176. The summed E-state index contributed by atoms with van der Waals surface area (Å²) >= 11 is 0. The number of hydrogen-bond donors (Lipinski definition) is 0. The predicted molar refractivity (Wildman–Crippen MR) is 72.6 cm³/mol. The molecule has 104 valence electrons. The van der Waals surface area contributed by atoms with Crippen LogP contribution in [0.3, 0.4) is 0 Å². The highest BCUT2D eigenvalue weighted by Crippen LogP contribution is 2.48. The van der Waals surface area contributed by atoms with Gasteiger partial charge in [-0.15, -0.1) is 0 Å². The molecule has 0 saturated carbocycles. The Morgan fingerprint density at radius 1 is 1.10 bits per heavy atom. The summed E-state index contributed by atoms with van der Waals surface area (Å²) in [5.41, 5.74) is 0.00528. The second kappa shape index (κ2) is 4.20. The number of cyclic esters (lactones) is 1. The maximum absolute atomic E-state index is 12.2. The molecule has 3 rings (SSSR count). The number of benzene rings is 1. The Labute approximate surface area is 117 Å². The molecular formula is C16H16O4. The molecule has 1 fully saturated rings. The summed E-state index contributed by atoms with van der Waals surface area (Å²) in [6, 6.07) is 9.56. The van der Waals surface area contributed by atoms with Crippen molar-refractivity contribution in [3.8, 4) is 0 Å². The van der Waals surface area contributed by atoms with E-state index in [0.717, 1.165) is 11.1 Å². The number of esters is 2. The standard InChI is InChI=1S/C16H16O4/c1-15(2)10-19-14(18)16(15)9-12(8-13(17)20-16)11-6-4-3-5-7-11/h3-8H,9-10H2,1-2H3/t16-/m0/s1. The first kappa shape index (κ1) is 12.9. The van der Waals surface area contributed by atoms with Crippen molar-refractivity contribution in [2.24, 2.45) is 5.41 Å². The molecule has 1 spiro atoms. The van der Waals surface area contributed by atoms with Crippen LogP contribution in [0.25, 0.3) is 5.57 Å². The predicted octanol–water partition coefficient (Wildman–Crippen LogP) is 2.34. The van der Waals surface area contributed by atoms with Crippen LogP contribution in [-0.2, 0) is 19.1 Å². The number of carbonyl (C=O) groups excluding carboxylic acids is 2. The van der Waals surface area contributed by atoms with Crippen molar-refractivity contribution >= 4 is 17.5 Å². The van der Waals surface area contributed by atoms with Crippen molar-refractivity contribution in [3.05, 3.63) is 42.0 Å². The quantitative estimate of drug-likeness (QED) is 0.736. The van der Waals surface area contributed by atoms with Crippen LogP contribution in [-0.4, -0.2) is 24.1 Å². The van der Waals surface area contributed by atoms with E-state index in [1.807, 2.05) is 44.2 Å². The van der Waals surface area contributed by atoms with E-state index in [2.05, 4.69) is 0 Å². The van der Waals surface area contributed by atoms with Crippen molar-refractivity contribution in [2.45, 2.75) is 25.9 Å². The van der Waals surface area contributed by atoms with Gasteiger partial charge in [-0.1, -0.05) is 44.2 Å². The van der Waals surface area contributed by atoms with Crippen LogP contribution in [0.2, 0.25) is 0 Å². The van der Waals surface area contributed by atoms with Crippen LogP contribution in [0, 0.1) is 5.41 Å². The van der Waals surface area contributed by atoms with Gasteiger partial charge in [-0.2, -0.15) is 0 Å². The van der Waals surface area contributed by atoms with E-state index in [4.69, 9.17) is 9.47 Å². The van der Waals surface area contributed by atoms with Gasteiger partial charge in [0.15, 0.2) is 0 Å². The van der Waals surface area contributed by atoms with E-state index < -0.39 is 23.0 Å². The normalized spacial score (nSPS) is 28.0. The molecule has 1 aromatic rings. The molecule has 1 atom stereocenters. The fourth-order valence-electron chi connectivity index (χ4n) is 2.78. The molecule has 2 aliphatic heterocycles. The summed E-state index contributed by atoms with van der Waals surface area (Å²) in [5, 5.41) is 0. The molecule has 0 aliphatic carbocycles. The minimum Gasteiger partial charge on any atom is -0.462 e. The first-order valence-corrected chi connectivity index (χ1v) is 6.61. The zero-order valence-electron chi connectivity index (χ0n) is 11.5. The van der Waals surface area contributed by atoms with Gasteiger partial charge < -0.3 is 9.47 Å². The molecule has 20 heavy (non-hydrogen) atoms. The minimum atomic E-state index is -1.20.